The van der Waals surface area contributed by atoms with E-state index in [9.17, 15) is 5.11 Å². The summed E-state index contributed by atoms with van der Waals surface area (Å²) in [7, 11) is 0. The number of fused-ring (bicyclic) bond motifs is 1. The lowest BCUT2D eigenvalue weighted by atomic mass is 10.2. The van der Waals surface area contributed by atoms with E-state index in [0.29, 0.717) is 27.4 Å². The molecule has 4 rings (SSSR count). The van der Waals surface area contributed by atoms with Crippen LogP contribution in [0.15, 0.2) is 52.2 Å². The highest BCUT2D eigenvalue weighted by molar-refractivity contribution is 6.42. The van der Waals surface area contributed by atoms with Crippen LogP contribution in [-0.2, 0) is 0 Å². The molecule has 0 amide bonds. The summed E-state index contributed by atoms with van der Waals surface area (Å²) in [4.78, 5) is 8.63. The molecule has 2 aromatic carbocycles. The average molecular weight is 416 g/mol. The fourth-order valence-corrected chi connectivity index (χ4v) is 2.54. The molecular weight excluding hydrogens is 405 g/mol. The van der Waals surface area contributed by atoms with E-state index in [0.717, 1.165) is 5.56 Å². The Kier molecular flexibility index (Phi) is 4.92. The average Bonchev–Trinajstić information content (AvgIpc) is 3.13. The van der Waals surface area contributed by atoms with Crippen molar-refractivity contribution < 1.29 is 9.74 Å². The summed E-state index contributed by atoms with van der Waals surface area (Å²) in [5.41, 5.74) is 4.69. The van der Waals surface area contributed by atoms with Gasteiger partial charge in [-0.2, -0.15) is 10.1 Å². The van der Waals surface area contributed by atoms with Gasteiger partial charge in [0.2, 0.25) is 11.3 Å². The van der Waals surface area contributed by atoms with E-state index < -0.39 is 0 Å². The van der Waals surface area contributed by atoms with Gasteiger partial charge < -0.3 is 10.4 Å². The molecule has 140 valence electrons. The lowest BCUT2D eigenvalue weighted by Crippen LogP contribution is -2.03. The Morgan fingerprint density at radius 2 is 1.64 bits per heavy atom. The van der Waals surface area contributed by atoms with Crippen molar-refractivity contribution >= 4 is 58.0 Å². The molecule has 0 aliphatic rings. The zero-order valence-corrected chi connectivity index (χ0v) is 15.5. The molecule has 0 atom stereocenters. The normalized spacial score (nSPS) is 11.2. The van der Waals surface area contributed by atoms with Crippen molar-refractivity contribution in [3.8, 4) is 5.75 Å². The lowest BCUT2D eigenvalue weighted by molar-refractivity contribution is 0.314. The maximum atomic E-state index is 9.33. The topological polar surface area (TPSA) is 121 Å². The van der Waals surface area contributed by atoms with Gasteiger partial charge in [0.15, 0.2) is 11.6 Å². The number of benzene rings is 2. The quantitative estimate of drug-likeness (QED) is 0.327. The molecule has 0 aliphatic carbocycles. The molecule has 0 bridgehead atoms. The molecule has 0 saturated heterocycles. The third kappa shape index (κ3) is 3.95. The van der Waals surface area contributed by atoms with E-state index >= 15 is 0 Å². The van der Waals surface area contributed by atoms with Gasteiger partial charge in [0.1, 0.15) is 5.75 Å². The number of halogens is 2. The summed E-state index contributed by atoms with van der Waals surface area (Å²) in [5.74, 6) is 0.807. The number of aromatic hydroxyl groups is 1. The van der Waals surface area contributed by atoms with Crippen LogP contribution >= 0.6 is 23.2 Å². The van der Waals surface area contributed by atoms with Crippen LogP contribution in [0.1, 0.15) is 5.56 Å². The molecule has 2 aromatic heterocycles. The molecule has 0 saturated carbocycles. The number of phenols is 1. The van der Waals surface area contributed by atoms with E-state index in [-0.39, 0.29) is 17.0 Å². The number of nitrogens with one attached hydrogen (secondary N) is 2. The molecule has 0 spiro atoms. The van der Waals surface area contributed by atoms with Gasteiger partial charge in [-0.25, -0.2) is 9.61 Å². The van der Waals surface area contributed by atoms with Crippen LogP contribution in [-0.4, -0.2) is 31.6 Å². The Bertz CT molecular complexity index is 1160. The zero-order valence-electron chi connectivity index (χ0n) is 14.0. The summed E-state index contributed by atoms with van der Waals surface area (Å²) in [6.45, 7) is 0. The van der Waals surface area contributed by atoms with Gasteiger partial charge >= 0.3 is 0 Å². The van der Waals surface area contributed by atoms with Crippen LogP contribution in [0.25, 0.3) is 11.3 Å². The summed E-state index contributed by atoms with van der Waals surface area (Å²) in [6, 6.07) is 11.6. The van der Waals surface area contributed by atoms with Gasteiger partial charge in [-0.3, -0.25) is 5.43 Å². The van der Waals surface area contributed by atoms with Crippen molar-refractivity contribution in [3.05, 3.63) is 58.1 Å². The number of hydrogen-bond acceptors (Lipinski definition) is 9. The van der Waals surface area contributed by atoms with Crippen molar-refractivity contribution in [1.82, 2.24) is 20.3 Å². The Labute approximate surface area is 168 Å². The van der Waals surface area contributed by atoms with Gasteiger partial charge in [-0.1, -0.05) is 23.2 Å². The van der Waals surface area contributed by atoms with Crippen LogP contribution in [0.3, 0.4) is 0 Å². The first kappa shape index (κ1) is 18.0. The third-order valence-electron chi connectivity index (χ3n) is 3.57. The molecule has 0 radical (unpaired) electrons. The molecule has 0 unspecified atom stereocenters. The fraction of sp³-hybridized carbons (Fsp3) is 0. The number of hydrogen-bond donors (Lipinski definition) is 3. The Morgan fingerprint density at radius 1 is 0.929 bits per heavy atom. The SMILES string of the molecule is Oc1ccc(C=NNc2nc3nonc3nc2Nc2ccc(Cl)c(Cl)c2)cc1. The number of phenolic OH excluding ortho intramolecular Hbond substituents is 1. The predicted molar refractivity (Wildman–Crippen MR) is 106 cm³/mol. The van der Waals surface area contributed by atoms with Gasteiger partial charge in [0, 0.05) is 5.69 Å². The van der Waals surface area contributed by atoms with Crippen molar-refractivity contribution in [2.75, 3.05) is 10.7 Å². The van der Waals surface area contributed by atoms with E-state index in [1.54, 1.807) is 48.7 Å². The highest BCUT2D eigenvalue weighted by Crippen LogP contribution is 2.29. The molecule has 3 N–H and O–H groups in total. The molecule has 28 heavy (non-hydrogen) atoms. The molecule has 0 fully saturated rings. The number of hydrazone groups is 1. The van der Waals surface area contributed by atoms with Crippen LogP contribution < -0.4 is 10.7 Å². The summed E-state index contributed by atoms with van der Waals surface area (Å²) < 4.78 is 4.66. The molecule has 2 heterocycles. The van der Waals surface area contributed by atoms with Crippen LogP contribution in [0.4, 0.5) is 17.3 Å². The number of anilines is 3. The minimum atomic E-state index is 0.174. The fourth-order valence-electron chi connectivity index (χ4n) is 2.24. The van der Waals surface area contributed by atoms with Crippen molar-refractivity contribution in [2.24, 2.45) is 5.10 Å². The van der Waals surface area contributed by atoms with Gasteiger partial charge in [-0.15, -0.1) is 0 Å². The van der Waals surface area contributed by atoms with Crippen LogP contribution in [0, 0.1) is 0 Å². The largest absolute Gasteiger partial charge is 0.508 e. The first-order chi connectivity index (χ1) is 13.6. The second-order valence-corrected chi connectivity index (χ2v) is 6.36. The summed E-state index contributed by atoms with van der Waals surface area (Å²) in [6.07, 6.45) is 1.56. The lowest BCUT2D eigenvalue weighted by Gasteiger charge is -2.10. The van der Waals surface area contributed by atoms with Gasteiger partial charge in [-0.05, 0) is 58.3 Å². The molecule has 4 aromatic rings. The molecular formula is C17H11Cl2N7O2. The minimum Gasteiger partial charge on any atom is -0.508 e. The Hall–Kier alpha value is -3.43. The second kappa shape index (κ2) is 7.67. The van der Waals surface area contributed by atoms with E-state index in [1.807, 2.05) is 0 Å². The third-order valence-corrected chi connectivity index (χ3v) is 4.31. The first-order valence-electron chi connectivity index (χ1n) is 7.89. The van der Waals surface area contributed by atoms with Crippen LogP contribution in [0.5, 0.6) is 5.75 Å². The number of rotatable bonds is 5. The van der Waals surface area contributed by atoms with E-state index in [1.165, 1.54) is 0 Å². The van der Waals surface area contributed by atoms with Crippen molar-refractivity contribution in [2.45, 2.75) is 0 Å². The van der Waals surface area contributed by atoms with E-state index in [4.69, 9.17) is 23.2 Å². The Morgan fingerprint density at radius 3 is 2.36 bits per heavy atom. The maximum Gasteiger partial charge on any atom is 0.245 e. The van der Waals surface area contributed by atoms with Gasteiger partial charge in [0.25, 0.3) is 0 Å². The molecule has 0 aliphatic heterocycles. The van der Waals surface area contributed by atoms with Gasteiger partial charge in [0.05, 0.1) is 16.3 Å². The predicted octanol–water partition coefficient (Wildman–Crippen LogP) is 4.21. The summed E-state index contributed by atoms with van der Waals surface area (Å²) in [5, 5.41) is 24.8. The Balaban J connectivity index is 1.62. The highest BCUT2D eigenvalue weighted by atomic mass is 35.5. The second-order valence-electron chi connectivity index (χ2n) is 5.55. The zero-order chi connectivity index (χ0) is 19.5. The standard InChI is InChI=1S/C17H11Cl2N7O2/c18-12-6-3-10(7-13(12)19)21-14-15(23-17-16(22-14)25-28-26-17)24-20-8-9-1-4-11(27)5-2-9/h1-8,27H,(H,21,22,25)(H,23,24,26). The van der Waals surface area contributed by atoms with Crippen molar-refractivity contribution in [3.63, 3.8) is 0 Å². The molecule has 9 nitrogen and oxygen atoms in total. The van der Waals surface area contributed by atoms with Crippen molar-refractivity contribution in [1.29, 1.82) is 0 Å². The maximum absolute atomic E-state index is 9.33. The number of aromatic nitrogens is 4. The minimum absolute atomic E-state index is 0.174. The highest BCUT2D eigenvalue weighted by Gasteiger charge is 2.13. The number of nitrogens with zero attached hydrogens (tertiary/aromatic N) is 5. The van der Waals surface area contributed by atoms with Crippen LogP contribution in [0.2, 0.25) is 10.0 Å². The first-order valence-corrected chi connectivity index (χ1v) is 8.64. The van der Waals surface area contributed by atoms with E-state index in [2.05, 4.69) is 40.8 Å². The monoisotopic (exact) mass is 415 g/mol. The molecule has 11 heteroatoms. The smallest absolute Gasteiger partial charge is 0.245 e. The summed E-state index contributed by atoms with van der Waals surface area (Å²) >= 11 is 12.0.